The highest BCUT2D eigenvalue weighted by molar-refractivity contribution is 7.91. The van der Waals surface area contributed by atoms with Gasteiger partial charge in [0.05, 0.1) is 17.6 Å². The van der Waals surface area contributed by atoms with Gasteiger partial charge in [-0.1, -0.05) is 30.3 Å². The average molecular weight is 374 g/mol. The number of aromatic nitrogens is 1. The van der Waals surface area contributed by atoms with Crippen molar-refractivity contribution in [1.82, 2.24) is 9.88 Å². The van der Waals surface area contributed by atoms with E-state index in [2.05, 4.69) is 4.98 Å². The molecular formula is C19H22N2O4S. The van der Waals surface area contributed by atoms with Gasteiger partial charge in [-0.15, -0.1) is 0 Å². The second-order valence-electron chi connectivity index (χ2n) is 6.14. The molecule has 1 aliphatic heterocycles. The number of ether oxygens (including phenoxy) is 1. The van der Waals surface area contributed by atoms with Crippen LogP contribution in [0, 0.1) is 0 Å². The van der Waals surface area contributed by atoms with Crippen LogP contribution in [-0.4, -0.2) is 49.7 Å². The summed E-state index contributed by atoms with van der Waals surface area (Å²) in [5, 5.41) is -0.582. The van der Waals surface area contributed by atoms with Crippen LogP contribution in [0.15, 0.2) is 48.7 Å². The molecule has 3 rings (SSSR count). The molecule has 138 valence electrons. The maximum atomic E-state index is 12.9. The minimum Gasteiger partial charge on any atom is -0.477 e. The normalized spacial score (nSPS) is 19.6. The summed E-state index contributed by atoms with van der Waals surface area (Å²) >= 11 is 0. The summed E-state index contributed by atoms with van der Waals surface area (Å²) in [6, 6.07) is 12.5. The molecule has 0 N–H and O–H groups in total. The number of pyridine rings is 1. The highest BCUT2D eigenvalue weighted by Gasteiger charge is 2.33. The molecule has 1 aromatic heterocycles. The number of carbonyl (C=O) groups excluding carboxylic acids is 1. The molecule has 1 fully saturated rings. The highest BCUT2D eigenvalue weighted by Crippen LogP contribution is 2.30. The molecule has 0 radical (unpaired) electrons. The summed E-state index contributed by atoms with van der Waals surface area (Å²) in [7, 11) is -3.32. The summed E-state index contributed by atoms with van der Waals surface area (Å²) in [6.45, 7) is 2.77. The Bertz CT molecular complexity index is 868. The number of sulfone groups is 1. The molecule has 0 bridgehead atoms. The molecule has 1 atom stereocenters. The molecule has 0 saturated carbocycles. The van der Waals surface area contributed by atoms with E-state index in [1.807, 2.05) is 37.3 Å². The van der Waals surface area contributed by atoms with E-state index in [4.69, 9.17) is 4.74 Å². The van der Waals surface area contributed by atoms with Crippen LogP contribution in [0.3, 0.4) is 0 Å². The first-order chi connectivity index (χ1) is 12.5. The number of benzene rings is 1. The Hall–Kier alpha value is -2.41. The smallest absolute Gasteiger partial charge is 0.259 e. The maximum absolute atomic E-state index is 12.9. The van der Waals surface area contributed by atoms with Crippen LogP contribution in [-0.2, 0) is 9.84 Å². The molecule has 1 aliphatic rings. The second kappa shape index (κ2) is 7.86. The van der Waals surface area contributed by atoms with Gasteiger partial charge < -0.3 is 9.64 Å². The molecule has 26 heavy (non-hydrogen) atoms. The standard InChI is InChI=1S/C19H22N2O4S/c1-2-25-18-16(9-6-11-20-18)19(22)21-12-10-17(26(23,24)14-13-21)15-7-4-3-5-8-15/h3-9,11,17H,2,10,12-14H2,1H3. The van der Waals surface area contributed by atoms with Crippen molar-refractivity contribution < 1.29 is 17.9 Å². The van der Waals surface area contributed by atoms with Crippen LogP contribution >= 0.6 is 0 Å². The fourth-order valence-corrected chi connectivity index (χ4v) is 4.96. The van der Waals surface area contributed by atoms with Gasteiger partial charge in [0.2, 0.25) is 5.88 Å². The minimum atomic E-state index is -3.32. The van der Waals surface area contributed by atoms with E-state index in [-0.39, 0.29) is 24.1 Å². The largest absolute Gasteiger partial charge is 0.477 e. The van der Waals surface area contributed by atoms with Crippen molar-refractivity contribution in [3.63, 3.8) is 0 Å². The summed E-state index contributed by atoms with van der Waals surface area (Å²) < 4.78 is 30.8. The second-order valence-corrected chi connectivity index (χ2v) is 8.44. The van der Waals surface area contributed by atoms with E-state index in [1.54, 1.807) is 23.2 Å². The average Bonchev–Trinajstić information content (AvgIpc) is 2.81. The van der Waals surface area contributed by atoms with Gasteiger partial charge in [-0.25, -0.2) is 13.4 Å². The number of rotatable bonds is 4. The fraction of sp³-hybridized carbons (Fsp3) is 0.368. The summed E-state index contributed by atoms with van der Waals surface area (Å²) in [5.74, 6) is -0.0140. The Morgan fingerprint density at radius 2 is 1.96 bits per heavy atom. The summed E-state index contributed by atoms with van der Waals surface area (Å²) in [6.07, 6.45) is 1.95. The van der Waals surface area contributed by atoms with Crippen molar-refractivity contribution in [3.8, 4) is 5.88 Å². The third-order valence-corrected chi connectivity index (χ3v) is 6.61. The van der Waals surface area contributed by atoms with Crippen molar-refractivity contribution in [2.75, 3.05) is 25.4 Å². The number of amides is 1. The van der Waals surface area contributed by atoms with Gasteiger partial charge in [0.1, 0.15) is 5.56 Å². The van der Waals surface area contributed by atoms with E-state index in [9.17, 15) is 13.2 Å². The first-order valence-electron chi connectivity index (χ1n) is 8.66. The molecule has 2 heterocycles. The lowest BCUT2D eigenvalue weighted by atomic mass is 10.1. The van der Waals surface area contributed by atoms with Crippen LogP contribution in [0.2, 0.25) is 0 Å². The van der Waals surface area contributed by atoms with Crippen LogP contribution < -0.4 is 4.74 Å². The first kappa shape index (κ1) is 18.4. The number of hydrogen-bond donors (Lipinski definition) is 0. The molecule has 7 heteroatoms. The van der Waals surface area contributed by atoms with Crippen molar-refractivity contribution in [2.24, 2.45) is 0 Å². The molecular weight excluding hydrogens is 352 g/mol. The monoisotopic (exact) mass is 374 g/mol. The molecule has 1 saturated heterocycles. The third kappa shape index (κ3) is 3.88. The van der Waals surface area contributed by atoms with Crippen molar-refractivity contribution in [3.05, 3.63) is 59.8 Å². The Balaban J connectivity index is 1.83. The van der Waals surface area contributed by atoms with Crippen molar-refractivity contribution >= 4 is 15.7 Å². The van der Waals surface area contributed by atoms with Crippen molar-refractivity contribution in [1.29, 1.82) is 0 Å². The topological polar surface area (TPSA) is 76.6 Å². The molecule has 6 nitrogen and oxygen atoms in total. The third-order valence-electron chi connectivity index (χ3n) is 4.48. The SMILES string of the molecule is CCOc1ncccc1C(=O)N1CCC(c2ccccc2)S(=O)(=O)CC1. The summed E-state index contributed by atoms with van der Waals surface area (Å²) in [4.78, 5) is 18.6. The van der Waals surface area contributed by atoms with E-state index in [0.29, 0.717) is 25.1 Å². The lowest BCUT2D eigenvalue weighted by molar-refractivity contribution is 0.0761. The number of nitrogens with zero attached hydrogens (tertiary/aromatic N) is 2. The van der Waals surface area contributed by atoms with Crippen LogP contribution in [0.25, 0.3) is 0 Å². The van der Waals surface area contributed by atoms with Gasteiger partial charge in [-0.3, -0.25) is 4.79 Å². The summed E-state index contributed by atoms with van der Waals surface area (Å²) in [5.41, 5.74) is 1.14. The zero-order valence-corrected chi connectivity index (χ0v) is 15.5. The lowest BCUT2D eigenvalue weighted by Crippen LogP contribution is -2.34. The van der Waals surface area contributed by atoms with Gasteiger partial charge in [0.25, 0.3) is 5.91 Å². The highest BCUT2D eigenvalue weighted by atomic mass is 32.2. The zero-order chi connectivity index (χ0) is 18.6. The molecule has 0 spiro atoms. The molecule has 0 aliphatic carbocycles. The van der Waals surface area contributed by atoms with Gasteiger partial charge in [-0.2, -0.15) is 0 Å². The van der Waals surface area contributed by atoms with Gasteiger partial charge >= 0.3 is 0 Å². The fourth-order valence-electron chi connectivity index (χ4n) is 3.16. The zero-order valence-electron chi connectivity index (χ0n) is 14.7. The Kier molecular flexibility index (Phi) is 5.56. The number of carbonyl (C=O) groups is 1. The van der Waals surface area contributed by atoms with Crippen LogP contribution in [0.1, 0.15) is 34.5 Å². The Labute approximate surface area is 153 Å². The van der Waals surface area contributed by atoms with E-state index < -0.39 is 15.1 Å². The Morgan fingerprint density at radius 1 is 1.19 bits per heavy atom. The maximum Gasteiger partial charge on any atom is 0.259 e. The first-order valence-corrected chi connectivity index (χ1v) is 10.4. The van der Waals surface area contributed by atoms with Gasteiger partial charge in [0, 0.05) is 19.3 Å². The molecule has 1 aromatic carbocycles. The molecule has 2 aromatic rings. The Morgan fingerprint density at radius 3 is 2.69 bits per heavy atom. The quantitative estimate of drug-likeness (QED) is 0.822. The molecule has 1 amide bonds. The van der Waals surface area contributed by atoms with E-state index >= 15 is 0 Å². The van der Waals surface area contributed by atoms with Crippen molar-refractivity contribution in [2.45, 2.75) is 18.6 Å². The van der Waals surface area contributed by atoms with E-state index in [0.717, 1.165) is 5.56 Å². The van der Waals surface area contributed by atoms with Gasteiger partial charge in [0.15, 0.2) is 9.84 Å². The molecule has 1 unspecified atom stereocenters. The van der Waals surface area contributed by atoms with Crippen LogP contribution in [0.4, 0.5) is 0 Å². The van der Waals surface area contributed by atoms with Gasteiger partial charge in [-0.05, 0) is 31.0 Å². The van der Waals surface area contributed by atoms with Crippen LogP contribution in [0.5, 0.6) is 5.88 Å². The lowest BCUT2D eigenvalue weighted by Gasteiger charge is -2.21. The van der Waals surface area contributed by atoms with E-state index in [1.165, 1.54) is 0 Å². The number of hydrogen-bond acceptors (Lipinski definition) is 5. The predicted molar refractivity (Wildman–Crippen MR) is 98.9 cm³/mol. The predicted octanol–water partition coefficient (Wildman–Crippen LogP) is 2.48. The minimum absolute atomic E-state index is 0.0530.